The van der Waals surface area contributed by atoms with Gasteiger partial charge < -0.3 is 10.1 Å². The van der Waals surface area contributed by atoms with Crippen molar-refractivity contribution in [2.75, 3.05) is 11.9 Å². The van der Waals surface area contributed by atoms with Gasteiger partial charge in [-0.1, -0.05) is 11.6 Å². The summed E-state index contributed by atoms with van der Waals surface area (Å²) >= 11 is 6.04. The number of aromatic nitrogens is 2. The smallest absolute Gasteiger partial charge is 0.340 e. The molecule has 0 bridgehead atoms. The van der Waals surface area contributed by atoms with E-state index in [9.17, 15) is 4.79 Å². The van der Waals surface area contributed by atoms with Gasteiger partial charge in [-0.3, -0.25) is 4.68 Å². The summed E-state index contributed by atoms with van der Waals surface area (Å²) in [6.45, 7) is 7.05. The van der Waals surface area contributed by atoms with E-state index in [1.165, 1.54) is 0 Å². The molecule has 1 aromatic carbocycles. The molecule has 0 radical (unpaired) electrons. The van der Waals surface area contributed by atoms with Gasteiger partial charge in [-0.25, -0.2) is 4.79 Å². The zero-order chi connectivity index (χ0) is 16.9. The van der Waals surface area contributed by atoms with Crippen LogP contribution in [0.5, 0.6) is 0 Å². The van der Waals surface area contributed by atoms with Crippen LogP contribution in [-0.2, 0) is 11.3 Å². The number of hydrogen-bond donors (Lipinski definition) is 1. The summed E-state index contributed by atoms with van der Waals surface area (Å²) < 4.78 is 7.30. The Bertz CT molecular complexity index is 648. The van der Waals surface area contributed by atoms with E-state index < -0.39 is 5.60 Å². The van der Waals surface area contributed by atoms with E-state index in [1.807, 2.05) is 37.7 Å². The maximum Gasteiger partial charge on any atom is 0.340 e. The maximum atomic E-state index is 12.3. The predicted octanol–water partition coefficient (Wildman–Crippen LogP) is 3.99. The molecule has 0 amide bonds. The van der Waals surface area contributed by atoms with Gasteiger partial charge in [-0.05, 0) is 51.5 Å². The second-order valence-corrected chi connectivity index (χ2v) is 6.68. The van der Waals surface area contributed by atoms with Crippen LogP contribution >= 0.6 is 11.6 Å². The van der Waals surface area contributed by atoms with Crippen LogP contribution in [-0.4, -0.2) is 27.9 Å². The first-order valence-electron chi connectivity index (χ1n) is 7.59. The number of nitrogens with one attached hydrogen (secondary N) is 1. The lowest BCUT2D eigenvalue weighted by molar-refractivity contribution is 0.00707. The van der Waals surface area contributed by atoms with Crippen LogP contribution in [0.25, 0.3) is 0 Å². The van der Waals surface area contributed by atoms with E-state index >= 15 is 0 Å². The summed E-state index contributed by atoms with van der Waals surface area (Å²) in [6, 6.07) is 7.02. The van der Waals surface area contributed by atoms with Crippen molar-refractivity contribution in [2.45, 2.75) is 39.3 Å². The molecule has 0 aliphatic heterocycles. The third kappa shape index (κ3) is 5.60. The molecular weight excluding hydrogens is 314 g/mol. The molecule has 0 saturated carbocycles. The van der Waals surface area contributed by atoms with Crippen molar-refractivity contribution in [1.82, 2.24) is 9.78 Å². The number of carbonyl (C=O) groups excluding carboxylic acids is 1. The third-order valence-corrected chi connectivity index (χ3v) is 3.27. The average molecular weight is 336 g/mol. The van der Waals surface area contributed by atoms with E-state index in [0.29, 0.717) is 22.8 Å². The number of benzene rings is 1. The summed E-state index contributed by atoms with van der Waals surface area (Å²) in [5, 5.41) is 7.99. The van der Waals surface area contributed by atoms with Crippen molar-refractivity contribution in [3.05, 3.63) is 47.2 Å². The van der Waals surface area contributed by atoms with Crippen LogP contribution in [0.15, 0.2) is 36.7 Å². The molecule has 0 fully saturated rings. The fourth-order valence-electron chi connectivity index (χ4n) is 2.07. The molecule has 0 saturated heterocycles. The van der Waals surface area contributed by atoms with Gasteiger partial charge in [0.1, 0.15) is 5.60 Å². The van der Waals surface area contributed by atoms with Crippen LogP contribution < -0.4 is 5.32 Å². The van der Waals surface area contributed by atoms with E-state index in [-0.39, 0.29) is 5.97 Å². The minimum Gasteiger partial charge on any atom is -0.456 e. The zero-order valence-corrected chi connectivity index (χ0v) is 14.4. The van der Waals surface area contributed by atoms with Gasteiger partial charge in [0.15, 0.2) is 0 Å². The first-order valence-corrected chi connectivity index (χ1v) is 7.97. The second-order valence-electron chi connectivity index (χ2n) is 6.24. The highest BCUT2D eigenvalue weighted by molar-refractivity contribution is 6.31. The van der Waals surface area contributed by atoms with E-state index in [2.05, 4.69) is 10.4 Å². The van der Waals surface area contributed by atoms with Crippen LogP contribution in [0.1, 0.15) is 37.6 Å². The van der Waals surface area contributed by atoms with Crippen molar-refractivity contribution >= 4 is 23.3 Å². The van der Waals surface area contributed by atoms with Crippen molar-refractivity contribution in [3.8, 4) is 0 Å². The molecule has 0 unspecified atom stereocenters. The third-order valence-electron chi connectivity index (χ3n) is 3.04. The van der Waals surface area contributed by atoms with Gasteiger partial charge in [0, 0.05) is 30.5 Å². The summed E-state index contributed by atoms with van der Waals surface area (Å²) in [5.41, 5.74) is 0.643. The molecule has 5 nitrogen and oxygen atoms in total. The number of carbonyl (C=O) groups is 1. The number of hydrogen-bond acceptors (Lipinski definition) is 4. The van der Waals surface area contributed by atoms with Crippen molar-refractivity contribution in [2.24, 2.45) is 0 Å². The highest BCUT2D eigenvalue weighted by Crippen LogP contribution is 2.23. The molecule has 124 valence electrons. The topological polar surface area (TPSA) is 56.1 Å². The SMILES string of the molecule is CC(C)(C)OC(=O)c1ccc(Cl)cc1NCCCn1cccn1. The summed E-state index contributed by atoms with van der Waals surface area (Å²) in [5.74, 6) is -0.358. The number of aryl methyl sites for hydroxylation is 1. The molecule has 0 spiro atoms. The Kier molecular flexibility index (Phi) is 5.66. The minimum absolute atomic E-state index is 0.358. The Morgan fingerprint density at radius 2 is 2.17 bits per heavy atom. The monoisotopic (exact) mass is 335 g/mol. The number of halogens is 1. The van der Waals surface area contributed by atoms with E-state index in [1.54, 1.807) is 24.4 Å². The number of anilines is 1. The quantitative estimate of drug-likeness (QED) is 0.640. The molecule has 2 rings (SSSR count). The number of esters is 1. The Morgan fingerprint density at radius 3 is 2.83 bits per heavy atom. The first kappa shape index (κ1) is 17.3. The lowest BCUT2D eigenvalue weighted by Gasteiger charge is -2.21. The lowest BCUT2D eigenvalue weighted by atomic mass is 10.1. The highest BCUT2D eigenvalue weighted by Gasteiger charge is 2.20. The van der Waals surface area contributed by atoms with E-state index in [0.717, 1.165) is 13.0 Å². The average Bonchev–Trinajstić information content (AvgIpc) is 2.95. The van der Waals surface area contributed by atoms with Crippen molar-refractivity contribution in [1.29, 1.82) is 0 Å². The largest absolute Gasteiger partial charge is 0.456 e. The Morgan fingerprint density at radius 1 is 1.39 bits per heavy atom. The fraction of sp³-hybridized carbons (Fsp3) is 0.412. The lowest BCUT2D eigenvalue weighted by Crippen LogP contribution is -2.24. The van der Waals surface area contributed by atoms with Crippen LogP contribution in [0.3, 0.4) is 0 Å². The molecule has 6 heteroatoms. The highest BCUT2D eigenvalue weighted by atomic mass is 35.5. The first-order chi connectivity index (χ1) is 10.8. The molecule has 1 aromatic heterocycles. The van der Waals surface area contributed by atoms with Gasteiger partial charge in [-0.2, -0.15) is 5.10 Å². The number of nitrogens with zero attached hydrogens (tertiary/aromatic N) is 2. The van der Waals surface area contributed by atoms with Crippen LogP contribution in [0.4, 0.5) is 5.69 Å². The Labute approximate surface area is 141 Å². The van der Waals surface area contributed by atoms with Crippen molar-refractivity contribution in [3.63, 3.8) is 0 Å². The summed E-state index contributed by atoms with van der Waals surface area (Å²) in [6.07, 6.45) is 4.55. The molecular formula is C17H22ClN3O2. The molecule has 2 aromatic rings. The van der Waals surface area contributed by atoms with Crippen LogP contribution in [0.2, 0.25) is 5.02 Å². The summed E-state index contributed by atoms with van der Waals surface area (Å²) in [7, 11) is 0. The molecule has 0 aliphatic carbocycles. The minimum atomic E-state index is -0.534. The van der Waals surface area contributed by atoms with Gasteiger partial charge >= 0.3 is 5.97 Å². The van der Waals surface area contributed by atoms with Crippen LogP contribution in [0, 0.1) is 0 Å². The standard InChI is InChI=1S/C17H22ClN3O2/c1-17(2,3)23-16(22)14-7-6-13(18)12-15(14)19-8-4-10-21-11-5-9-20-21/h5-7,9,11-12,19H,4,8,10H2,1-3H3. The fourth-order valence-corrected chi connectivity index (χ4v) is 2.24. The molecule has 1 heterocycles. The molecule has 1 N–H and O–H groups in total. The molecule has 23 heavy (non-hydrogen) atoms. The summed E-state index contributed by atoms with van der Waals surface area (Å²) in [4.78, 5) is 12.3. The van der Waals surface area contributed by atoms with E-state index in [4.69, 9.17) is 16.3 Å². The molecule has 0 atom stereocenters. The van der Waals surface area contributed by atoms with Gasteiger partial charge in [0.05, 0.1) is 11.3 Å². The normalized spacial score (nSPS) is 11.3. The van der Waals surface area contributed by atoms with Gasteiger partial charge in [0.2, 0.25) is 0 Å². The van der Waals surface area contributed by atoms with Gasteiger partial charge in [0.25, 0.3) is 0 Å². The second kappa shape index (κ2) is 7.51. The predicted molar refractivity (Wildman–Crippen MR) is 92.0 cm³/mol. The van der Waals surface area contributed by atoms with Crippen molar-refractivity contribution < 1.29 is 9.53 Å². The zero-order valence-electron chi connectivity index (χ0n) is 13.7. The maximum absolute atomic E-state index is 12.3. The Balaban J connectivity index is 1.99. The molecule has 0 aliphatic rings. The number of ether oxygens (including phenoxy) is 1. The number of rotatable bonds is 6. The van der Waals surface area contributed by atoms with Gasteiger partial charge in [-0.15, -0.1) is 0 Å². The Hall–Kier alpha value is -2.01.